The molecule has 2 rings (SSSR count). The van der Waals surface area contributed by atoms with E-state index in [0.29, 0.717) is 3.57 Å². The minimum absolute atomic E-state index is 0.105. The SMILES string of the molecule is Cc1nc(NC(=O)c2ccc(F)cc2I)sc1S(N)(=O)=O. The van der Waals surface area contributed by atoms with Gasteiger partial charge in [0.05, 0.1) is 11.3 Å². The normalized spacial score (nSPS) is 11.4. The molecule has 1 aromatic carbocycles. The van der Waals surface area contributed by atoms with E-state index in [2.05, 4.69) is 10.3 Å². The third-order valence-corrected chi connectivity index (χ3v) is 5.93. The molecule has 0 saturated heterocycles. The van der Waals surface area contributed by atoms with E-state index in [1.165, 1.54) is 25.1 Å². The topological polar surface area (TPSA) is 102 Å². The number of nitrogens with two attached hydrogens (primary N) is 1. The second kappa shape index (κ2) is 5.94. The molecule has 0 radical (unpaired) electrons. The Morgan fingerprint density at radius 1 is 1.48 bits per heavy atom. The molecule has 0 saturated carbocycles. The zero-order valence-electron chi connectivity index (χ0n) is 10.6. The second-order valence-corrected chi connectivity index (χ2v) is 7.93. The summed E-state index contributed by atoms with van der Waals surface area (Å²) >= 11 is 2.60. The maximum atomic E-state index is 13.0. The van der Waals surface area contributed by atoms with Crippen LogP contribution in [-0.4, -0.2) is 19.3 Å². The molecule has 0 aliphatic heterocycles. The van der Waals surface area contributed by atoms with Gasteiger partial charge >= 0.3 is 0 Å². The first-order valence-corrected chi connectivity index (χ1v) is 8.89. The van der Waals surface area contributed by atoms with E-state index in [1.54, 1.807) is 0 Å². The molecule has 0 aliphatic carbocycles. The fraction of sp³-hybridized carbons (Fsp3) is 0.0909. The minimum atomic E-state index is -3.87. The number of sulfonamides is 1. The van der Waals surface area contributed by atoms with Crippen LogP contribution in [0.5, 0.6) is 0 Å². The lowest BCUT2D eigenvalue weighted by molar-refractivity contribution is 0.102. The van der Waals surface area contributed by atoms with Crippen LogP contribution < -0.4 is 10.5 Å². The molecular weight excluding hydrogens is 432 g/mol. The van der Waals surface area contributed by atoms with Crippen molar-refractivity contribution in [1.82, 2.24) is 4.98 Å². The van der Waals surface area contributed by atoms with Crippen LogP contribution in [0.4, 0.5) is 9.52 Å². The van der Waals surface area contributed by atoms with Crippen LogP contribution in [0.2, 0.25) is 0 Å². The van der Waals surface area contributed by atoms with Gasteiger partial charge in [0.25, 0.3) is 5.91 Å². The summed E-state index contributed by atoms with van der Waals surface area (Å²) in [6, 6.07) is 3.73. The van der Waals surface area contributed by atoms with Crippen molar-refractivity contribution in [3.8, 4) is 0 Å². The van der Waals surface area contributed by atoms with Crippen molar-refractivity contribution in [3.05, 3.63) is 38.8 Å². The van der Waals surface area contributed by atoms with Gasteiger partial charge in [0.15, 0.2) is 9.34 Å². The van der Waals surface area contributed by atoms with Crippen molar-refractivity contribution in [2.75, 3.05) is 5.32 Å². The molecule has 0 spiro atoms. The number of hydrogen-bond acceptors (Lipinski definition) is 5. The van der Waals surface area contributed by atoms with Crippen molar-refractivity contribution in [1.29, 1.82) is 0 Å². The Labute approximate surface area is 137 Å². The number of rotatable bonds is 3. The number of thiazole rings is 1. The van der Waals surface area contributed by atoms with Crippen LogP contribution in [0.1, 0.15) is 16.1 Å². The number of primary sulfonamides is 1. The van der Waals surface area contributed by atoms with Crippen molar-refractivity contribution >= 4 is 55.0 Å². The highest BCUT2D eigenvalue weighted by atomic mass is 127. The minimum Gasteiger partial charge on any atom is -0.298 e. The Hall–Kier alpha value is -1.11. The maximum Gasteiger partial charge on any atom is 0.258 e. The number of nitrogens with one attached hydrogen (secondary N) is 1. The van der Waals surface area contributed by atoms with Crippen LogP contribution in [0.3, 0.4) is 0 Å². The molecule has 1 amide bonds. The summed E-state index contributed by atoms with van der Waals surface area (Å²) in [6.07, 6.45) is 0. The first-order chi connectivity index (χ1) is 9.68. The number of halogens is 2. The van der Waals surface area contributed by atoms with Crippen LogP contribution in [0.15, 0.2) is 22.4 Å². The molecule has 112 valence electrons. The third-order valence-electron chi connectivity index (χ3n) is 2.41. The number of carbonyl (C=O) groups excluding carboxylic acids is 1. The number of carbonyl (C=O) groups is 1. The van der Waals surface area contributed by atoms with Crippen molar-refractivity contribution in [2.45, 2.75) is 11.1 Å². The van der Waals surface area contributed by atoms with Crippen LogP contribution in [0, 0.1) is 16.3 Å². The van der Waals surface area contributed by atoms with Crippen molar-refractivity contribution < 1.29 is 17.6 Å². The summed E-state index contributed by atoms with van der Waals surface area (Å²) in [6.45, 7) is 1.48. The molecule has 6 nitrogen and oxygen atoms in total. The molecule has 0 bridgehead atoms. The lowest BCUT2D eigenvalue weighted by Gasteiger charge is -2.04. The molecule has 10 heteroatoms. The Bertz CT molecular complexity index is 820. The predicted molar refractivity (Wildman–Crippen MR) is 85.3 cm³/mol. The Kier molecular flexibility index (Phi) is 4.60. The Morgan fingerprint density at radius 2 is 2.14 bits per heavy atom. The van der Waals surface area contributed by atoms with Gasteiger partial charge in [0.2, 0.25) is 10.0 Å². The van der Waals surface area contributed by atoms with E-state index in [4.69, 9.17) is 5.14 Å². The zero-order chi connectivity index (χ0) is 15.8. The van der Waals surface area contributed by atoms with Gasteiger partial charge in [-0.05, 0) is 47.7 Å². The Morgan fingerprint density at radius 3 is 2.67 bits per heavy atom. The summed E-state index contributed by atoms with van der Waals surface area (Å²) < 4.78 is 35.9. The van der Waals surface area contributed by atoms with E-state index in [0.717, 1.165) is 11.3 Å². The third kappa shape index (κ3) is 3.75. The molecule has 1 heterocycles. The van der Waals surface area contributed by atoms with Gasteiger partial charge in [-0.15, -0.1) is 0 Å². The molecule has 0 fully saturated rings. The molecule has 21 heavy (non-hydrogen) atoms. The van der Waals surface area contributed by atoms with Crippen molar-refractivity contribution in [2.24, 2.45) is 5.14 Å². The smallest absolute Gasteiger partial charge is 0.258 e. The highest BCUT2D eigenvalue weighted by Gasteiger charge is 2.19. The fourth-order valence-electron chi connectivity index (χ4n) is 1.54. The van der Waals surface area contributed by atoms with Crippen molar-refractivity contribution in [3.63, 3.8) is 0 Å². The van der Waals surface area contributed by atoms with E-state index in [-0.39, 0.29) is 20.6 Å². The highest BCUT2D eigenvalue weighted by Crippen LogP contribution is 2.26. The van der Waals surface area contributed by atoms with Gasteiger partial charge in [-0.1, -0.05) is 11.3 Å². The van der Waals surface area contributed by atoms with Gasteiger partial charge < -0.3 is 0 Å². The lowest BCUT2D eigenvalue weighted by Crippen LogP contribution is -2.13. The molecule has 1 aromatic heterocycles. The van der Waals surface area contributed by atoms with Crippen LogP contribution in [0.25, 0.3) is 0 Å². The first-order valence-electron chi connectivity index (χ1n) is 5.45. The monoisotopic (exact) mass is 441 g/mol. The first kappa shape index (κ1) is 16.3. The Balaban J connectivity index is 2.28. The summed E-state index contributed by atoms with van der Waals surface area (Å²) in [5, 5.41) is 7.63. The van der Waals surface area contributed by atoms with E-state index in [9.17, 15) is 17.6 Å². The second-order valence-electron chi connectivity index (χ2n) is 4.02. The number of hydrogen-bond donors (Lipinski definition) is 2. The van der Waals surface area contributed by atoms with E-state index < -0.39 is 21.7 Å². The van der Waals surface area contributed by atoms with Gasteiger partial charge in [0.1, 0.15) is 5.82 Å². The molecular formula is C11H9FIN3O3S2. The van der Waals surface area contributed by atoms with E-state index in [1.807, 2.05) is 22.6 Å². The molecule has 3 N–H and O–H groups in total. The van der Waals surface area contributed by atoms with E-state index >= 15 is 0 Å². The summed E-state index contributed by atoms with van der Waals surface area (Å²) in [5.41, 5.74) is 0.480. The number of nitrogens with zero attached hydrogens (tertiary/aromatic N) is 1. The average Bonchev–Trinajstić information content (AvgIpc) is 2.69. The number of aryl methyl sites for hydroxylation is 1. The number of amides is 1. The molecule has 0 aliphatic rings. The summed E-state index contributed by atoms with van der Waals surface area (Å²) in [4.78, 5) is 16.0. The van der Waals surface area contributed by atoms with Gasteiger partial charge in [-0.3, -0.25) is 10.1 Å². The average molecular weight is 441 g/mol. The largest absolute Gasteiger partial charge is 0.298 e. The zero-order valence-corrected chi connectivity index (χ0v) is 14.3. The van der Waals surface area contributed by atoms with Crippen LogP contribution >= 0.6 is 33.9 Å². The maximum absolute atomic E-state index is 13.0. The van der Waals surface area contributed by atoms with Crippen LogP contribution in [-0.2, 0) is 10.0 Å². The standard InChI is InChI=1S/C11H9FIN3O3S2/c1-5-10(21(14,18)19)20-11(15-5)16-9(17)7-3-2-6(12)4-8(7)13/h2-4H,1H3,(H2,14,18,19)(H,15,16,17). The molecule has 0 atom stereocenters. The number of aromatic nitrogens is 1. The fourth-order valence-corrected chi connectivity index (χ4v) is 4.11. The quantitative estimate of drug-likeness (QED) is 0.713. The van der Waals surface area contributed by atoms with Gasteiger partial charge in [0, 0.05) is 3.57 Å². The lowest BCUT2D eigenvalue weighted by atomic mass is 10.2. The predicted octanol–water partition coefficient (Wildman–Crippen LogP) is 2.09. The summed E-state index contributed by atoms with van der Waals surface area (Å²) in [5.74, 6) is -0.952. The number of benzene rings is 1. The van der Waals surface area contributed by atoms with Gasteiger partial charge in [-0.25, -0.2) is 22.9 Å². The molecule has 0 unspecified atom stereocenters. The number of anilines is 1. The highest BCUT2D eigenvalue weighted by molar-refractivity contribution is 14.1. The van der Waals surface area contributed by atoms with Gasteiger partial charge in [-0.2, -0.15) is 0 Å². The summed E-state index contributed by atoms with van der Waals surface area (Å²) in [7, 11) is -3.87. The molecule has 2 aromatic rings.